The molecule has 0 spiro atoms. The molecule has 4 atom stereocenters. The number of nitrogens with zero attached hydrogens (tertiary/aromatic N) is 2. The van der Waals surface area contributed by atoms with Gasteiger partial charge in [0.15, 0.2) is 0 Å². The van der Waals surface area contributed by atoms with E-state index in [4.69, 9.17) is 10.00 Å². The third kappa shape index (κ3) is 1.76. The molecule has 0 saturated carbocycles. The Hall–Kier alpha value is -0.630. The van der Waals surface area contributed by atoms with Crippen molar-refractivity contribution in [1.29, 1.82) is 5.26 Å². The predicted octanol–water partition coefficient (Wildman–Crippen LogP) is 1.41. The molecular formula is C10H18N2O2. The highest BCUT2D eigenvalue weighted by Crippen LogP contribution is 2.27. The molecule has 0 amide bonds. The summed E-state index contributed by atoms with van der Waals surface area (Å²) in [6.07, 6.45) is 0.555. The van der Waals surface area contributed by atoms with E-state index in [2.05, 4.69) is 6.07 Å². The molecule has 1 heterocycles. The summed E-state index contributed by atoms with van der Waals surface area (Å²) in [7, 11) is 0. The molecule has 1 rings (SSSR count). The van der Waals surface area contributed by atoms with Crippen LogP contribution >= 0.6 is 0 Å². The highest BCUT2D eigenvalue weighted by atomic mass is 16.6. The third-order valence-corrected chi connectivity index (χ3v) is 2.97. The molecule has 0 radical (unpaired) electrons. The molecule has 0 N–H and O–H groups in total. The van der Waals surface area contributed by atoms with Crippen molar-refractivity contribution in [1.82, 2.24) is 0 Å². The molecular weight excluding hydrogens is 180 g/mol. The minimum Gasteiger partial charge on any atom is -0.632 e. The Morgan fingerprint density at radius 1 is 1.57 bits per heavy atom. The topological polar surface area (TPSA) is 56.1 Å². The quantitative estimate of drug-likeness (QED) is 0.498. The van der Waals surface area contributed by atoms with Gasteiger partial charge in [-0.15, -0.1) is 0 Å². The number of ether oxygens (including phenoxy) is 1. The van der Waals surface area contributed by atoms with Gasteiger partial charge >= 0.3 is 0 Å². The Balaban J connectivity index is 2.89. The van der Waals surface area contributed by atoms with Crippen LogP contribution in [0.2, 0.25) is 0 Å². The normalized spacial score (nSPS) is 43.2. The van der Waals surface area contributed by atoms with Gasteiger partial charge in [0.1, 0.15) is 18.2 Å². The number of hydrogen-bond acceptors (Lipinski definition) is 3. The third-order valence-electron chi connectivity index (χ3n) is 2.97. The molecule has 1 aliphatic heterocycles. The van der Waals surface area contributed by atoms with Crippen molar-refractivity contribution in [2.24, 2.45) is 0 Å². The second-order valence-corrected chi connectivity index (χ2v) is 4.04. The van der Waals surface area contributed by atoms with Crippen LogP contribution in [-0.4, -0.2) is 36.0 Å². The van der Waals surface area contributed by atoms with Crippen LogP contribution in [0.25, 0.3) is 0 Å². The molecule has 4 heteroatoms. The van der Waals surface area contributed by atoms with Crippen LogP contribution in [0.15, 0.2) is 0 Å². The first kappa shape index (κ1) is 11.4. The molecule has 0 aromatic carbocycles. The summed E-state index contributed by atoms with van der Waals surface area (Å²) < 4.78 is 4.99. The van der Waals surface area contributed by atoms with E-state index in [0.29, 0.717) is 13.2 Å². The molecule has 4 unspecified atom stereocenters. The van der Waals surface area contributed by atoms with Gasteiger partial charge < -0.3 is 14.6 Å². The van der Waals surface area contributed by atoms with Crippen molar-refractivity contribution in [3.63, 3.8) is 0 Å². The number of hydrogen-bond donors (Lipinski definition) is 0. The van der Waals surface area contributed by atoms with Crippen LogP contribution in [0.3, 0.4) is 0 Å². The summed E-state index contributed by atoms with van der Waals surface area (Å²) in [5.74, 6) is 0. The molecule has 80 valence electrons. The van der Waals surface area contributed by atoms with E-state index >= 15 is 0 Å². The predicted molar refractivity (Wildman–Crippen MR) is 53.1 cm³/mol. The number of nitriles is 1. The van der Waals surface area contributed by atoms with Crippen LogP contribution in [-0.2, 0) is 4.74 Å². The first-order valence-electron chi connectivity index (χ1n) is 5.16. The largest absolute Gasteiger partial charge is 0.632 e. The lowest BCUT2D eigenvalue weighted by molar-refractivity contribution is -0.931. The maximum absolute atomic E-state index is 12.5. The van der Waals surface area contributed by atoms with Gasteiger partial charge in [-0.1, -0.05) is 6.92 Å². The second-order valence-electron chi connectivity index (χ2n) is 4.04. The van der Waals surface area contributed by atoms with Gasteiger partial charge in [0.05, 0.1) is 13.2 Å². The number of quaternary nitrogens is 1. The summed E-state index contributed by atoms with van der Waals surface area (Å²) in [6.45, 7) is 6.61. The van der Waals surface area contributed by atoms with E-state index < -0.39 is 10.7 Å². The van der Waals surface area contributed by atoms with Crippen LogP contribution < -0.4 is 0 Å². The Bertz CT molecular complexity index is 239. The first-order chi connectivity index (χ1) is 6.56. The van der Waals surface area contributed by atoms with E-state index in [1.165, 1.54) is 0 Å². The van der Waals surface area contributed by atoms with E-state index in [-0.39, 0.29) is 12.1 Å². The summed E-state index contributed by atoms with van der Waals surface area (Å²) >= 11 is 0. The lowest BCUT2D eigenvalue weighted by Gasteiger charge is -2.54. The zero-order valence-electron chi connectivity index (χ0n) is 9.06. The Labute approximate surface area is 85.2 Å². The Morgan fingerprint density at radius 3 is 2.71 bits per heavy atom. The smallest absolute Gasteiger partial charge is 0.202 e. The summed E-state index contributed by atoms with van der Waals surface area (Å²) in [4.78, 5) is 0. The molecule has 14 heavy (non-hydrogen) atoms. The van der Waals surface area contributed by atoms with Gasteiger partial charge in [-0.25, -0.2) is 0 Å². The van der Waals surface area contributed by atoms with Gasteiger partial charge in [-0.05, 0) is 20.3 Å². The average Bonchev–Trinajstić information content (AvgIpc) is 2.13. The van der Waals surface area contributed by atoms with E-state index in [0.717, 1.165) is 6.42 Å². The van der Waals surface area contributed by atoms with Crippen LogP contribution in [0.4, 0.5) is 0 Å². The summed E-state index contributed by atoms with van der Waals surface area (Å²) in [6, 6.07) is 1.39. The fraction of sp³-hybridized carbons (Fsp3) is 0.900. The zero-order valence-corrected chi connectivity index (χ0v) is 9.06. The molecule has 4 nitrogen and oxygen atoms in total. The zero-order chi connectivity index (χ0) is 10.8. The molecule has 1 fully saturated rings. The fourth-order valence-corrected chi connectivity index (χ4v) is 2.05. The van der Waals surface area contributed by atoms with Crippen LogP contribution in [0, 0.1) is 16.5 Å². The lowest BCUT2D eigenvalue weighted by atomic mass is 10.1. The van der Waals surface area contributed by atoms with Crippen molar-refractivity contribution in [2.75, 3.05) is 13.2 Å². The summed E-state index contributed by atoms with van der Waals surface area (Å²) in [5.41, 5.74) is 0. The number of morpholine rings is 1. The molecule has 0 aliphatic carbocycles. The van der Waals surface area contributed by atoms with Crippen molar-refractivity contribution < 1.29 is 9.38 Å². The Morgan fingerprint density at radius 2 is 2.21 bits per heavy atom. The van der Waals surface area contributed by atoms with Crippen LogP contribution in [0.5, 0.6) is 0 Å². The van der Waals surface area contributed by atoms with E-state index in [1.807, 2.05) is 13.8 Å². The van der Waals surface area contributed by atoms with Gasteiger partial charge in [0.25, 0.3) is 0 Å². The first-order valence-corrected chi connectivity index (χ1v) is 5.16. The molecule has 1 aliphatic rings. The minimum absolute atomic E-state index is 0.129. The standard InChI is InChI=1S/C10H18N2O2/c1-4-5-12(13)8(2)7-14-9(3)10(12)6-11/h8-10H,4-5,7H2,1-3H3. The van der Waals surface area contributed by atoms with E-state index in [9.17, 15) is 5.21 Å². The molecule has 0 bridgehead atoms. The molecule has 1 saturated heterocycles. The Kier molecular flexibility index (Phi) is 3.48. The lowest BCUT2D eigenvalue weighted by Crippen LogP contribution is -2.65. The molecule has 0 aromatic rings. The number of hydroxylamine groups is 3. The highest BCUT2D eigenvalue weighted by molar-refractivity contribution is 4.93. The maximum Gasteiger partial charge on any atom is 0.202 e. The fourth-order valence-electron chi connectivity index (χ4n) is 2.05. The highest BCUT2D eigenvalue weighted by Gasteiger charge is 2.42. The van der Waals surface area contributed by atoms with Crippen molar-refractivity contribution >= 4 is 0 Å². The second kappa shape index (κ2) is 4.26. The van der Waals surface area contributed by atoms with Crippen molar-refractivity contribution in [3.8, 4) is 6.07 Å². The minimum atomic E-state index is -0.571. The van der Waals surface area contributed by atoms with Crippen molar-refractivity contribution in [2.45, 2.75) is 45.4 Å². The SMILES string of the molecule is CCC[N+]1([O-])C(C)COC(C)C1C#N. The van der Waals surface area contributed by atoms with E-state index in [1.54, 1.807) is 6.92 Å². The monoisotopic (exact) mass is 198 g/mol. The van der Waals surface area contributed by atoms with Gasteiger partial charge in [-0.3, -0.25) is 0 Å². The summed E-state index contributed by atoms with van der Waals surface area (Å²) in [5, 5.41) is 21.5. The number of rotatable bonds is 2. The maximum atomic E-state index is 12.5. The van der Waals surface area contributed by atoms with Gasteiger partial charge in [0, 0.05) is 0 Å². The van der Waals surface area contributed by atoms with Gasteiger partial charge in [0.2, 0.25) is 6.04 Å². The van der Waals surface area contributed by atoms with Gasteiger partial charge in [-0.2, -0.15) is 5.26 Å². The van der Waals surface area contributed by atoms with Crippen LogP contribution in [0.1, 0.15) is 27.2 Å². The molecule has 0 aromatic heterocycles. The average molecular weight is 198 g/mol. The van der Waals surface area contributed by atoms with Crippen molar-refractivity contribution in [3.05, 3.63) is 5.21 Å².